The molecule has 0 aromatic carbocycles. The van der Waals surface area contributed by atoms with Gasteiger partial charge in [0, 0.05) is 12.0 Å². The first-order valence-corrected chi connectivity index (χ1v) is 5.10. The number of hydrogen-bond donors (Lipinski definition) is 1. The van der Waals surface area contributed by atoms with E-state index in [4.69, 9.17) is 9.84 Å². The number of hydrogen-bond acceptors (Lipinski definition) is 5. The average Bonchev–Trinajstić information content (AvgIpc) is 2.26. The molecule has 0 heterocycles. The van der Waals surface area contributed by atoms with Crippen LogP contribution in [-0.2, 0) is 19.1 Å². The molecule has 16 heavy (non-hydrogen) atoms. The SMILES string of the molecule is CCOC(=O)C1CC(=O)C(C)C(=O)C1=CO. The van der Waals surface area contributed by atoms with E-state index in [0.29, 0.717) is 6.26 Å². The van der Waals surface area contributed by atoms with Gasteiger partial charge in [-0.1, -0.05) is 0 Å². The van der Waals surface area contributed by atoms with Gasteiger partial charge < -0.3 is 9.84 Å². The Balaban J connectivity index is 2.96. The summed E-state index contributed by atoms with van der Waals surface area (Å²) in [6.07, 6.45) is 0.519. The van der Waals surface area contributed by atoms with Gasteiger partial charge in [-0.05, 0) is 13.8 Å². The lowest BCUT2D eigenvalue weighted by Crippen LogP contribution is -2.38. The van der Waals surface area contributed by atoms with Crippen LogP contribution in [0.3, 0.4) is 0 Å². The number of Topliss-reactive ketones (excluding diaryl/α,β-unsaturated/α-hetero) is 2. The zero-order chi connectivity index (χ0) is 12.3. The summed E-state index contributed by atoms with van der Waals surface area (Å²) in [5.74, 6) is -3.19. The molecule has 1 rings (SSSR count). The van der Waals surface area contributed by atoms with Crippen LogP contribution in [0.1, 0.15) is 20.3 Å². The van der Waals surface area contributed by atoms with Crippen LogP contribution in [0.25, 0.3) is 0 Å². The van der Waals surface area contributed by atoms with Gasteiger partial charge >= 0.3 is 5.97 Å². The highest BCUT2D eigenvalue weighted by molar-refractivity contribution is 6.16. The maximum Gasteiger partial charge on any atom is 0.314 e. The molecule has 0 aromatic rings. The summed E-state index contributed by atoms with van der Waals surface area (Å²) in [5.41, 5.74) is -0.0365. The molecule has 0 aromatic heterocycles. The van der Waals surface area contributed by atoms with Gasteiger partial charge in [-0.3, -0.25) is 14.4 Å². The molecule has 1 aliphatic carbocycles. The number of esters is 1. The molecule has 0 spiro atoms. The van der Waals surface area contributed by atoms with Crippen LogP contribution >= 0.6 is 0 Å². The summed E-state index contributed by atoms with van der Waals surface area (Å²) in [5, 5.41) is 8.95. The molecule has 1 aliphatic rings. The van der Waals surface area contributed by atoms with Crippen LogP contribution in [0.2, 0.25) is 0 Å². The van der Waals surface area contributed by atoms with Crippen LogP contribution in [0.15, 0.2) is 11.8 Å². The first-order chi connectivity index (χ1) is 7.52. The van der Waals surface area contributed by atoms with Crippen molar-refractivity contribution in [3.63, 3.8) is 0 Å². The van der Waals surface area contributed by atoms with Gasteiger partial charge in [-0.2, -0.15) is 0 Å². The zero-order valence-electron chi connectivity index (χ0n) is 9.23. The van der Waals surface area contributed by atoms with E-state index in [1.807, 2.05) is 0 Å². The van der Waals surface area contributed by atoms with Crippen molar-refractivity contribution < 1.29 is 24.2 Å². The zero-order valence-corrected chi connectivity index (χ0v) is 9.23. The summed E-state index contributed by atoms with van der Waals surface area (Å²) in [6, 6.07) is 0. The molecule has 1 N–H and O–H groups in total. The maximum absolute atomic E-state index is 11.6. The Morgan fingerprint density at radius 1 is 1.56 bits per heavy atom. The third kappa shape index (κ3) is 2.13. The second kappa shape index (κ2) is 4.92. The molecule has 0 radical (unpaired) electrons. The average molecular weight is 226 g/mol. The molecule has 0 aliphatic heterocycles. The third-order valence-electron chi connectivity index (χ3n) is 2.65. The Morgan fingerprint density at radius 3 is 2.69 bits per heavy atom. The van der Waals surface area contributed by atoms with Crippen molar-refractivity contribution in [2.45, 2.75) is 20.3 Å². The molecule has 5 nitrogen and oxygen atoms in total. The minimum Gasteiger partial charge on any atom is -0.515 e. The fourth-order valence-corrected chi connectivity index (χ4v) is 1.66. The first-order valence-electron chi connectivity index (χ1n) is 5.10. The maximum atomic E-state index is 11.6. The molecule has 2 atom stereocenters. The molecule has 0 saturated heterocycles. The van der Waals surface area contributed by atoms with Crippen LogP contribution in [0.5, 0.6) is 0 Å². The topological polar surface area (TPSA) is 80.7 Å². The van der Waals surface area contributed by atoms with Crippen molar-refractivity contribution in [2.24, 2.45) is 11.8 Å². The van der Waals surface area contributed by atoms with E-state index < -0.39 is 23.6 Å². The highest BCUT2D eigenvalue weighted by atomic mass is 16.5. The number of carbonyl (C=O) groups is 3. The van der Waals surface area contributed by atoms with E-state index in [9.17, 15) is 14.4 Å². The van der Waals surface area contributed by atoms with Crippen molar-refractivity contribution in [3.05, 3.63) is 11.8 Å². The lowest BCUT2D eigenvalue weighted by atomic mass is 9.77. The normalized spacial score (nSPS) is 28.2. The van der Waals surface area contributed by atoms with E-state index >= 15 is 0 Å². The molecular formula is C11H14O5. The Labute approximate surface area is 93.1 Å². The Kier molecular flexibility index (Phi) is 3.82. The van der Waals surface area contributed by atoms with Crippen molar-refractivity contribution in [1.82, 2.24) is 0 Å². The van der Waals surface area contributed by atoms with Crippen molar-refractivity contribution in [1.29, 1.82) is 0 Å². The van der Waals surface area contributed by atoms with Crippen molar-refractivity contribution >= 4 is 17.5 Å². The largest absolute Gasteiger partial charge is 0.515 e. The summed E-state index contributed by atoms with van der Waals surface area (Å²) in [4.78, 5) is 34.6. The van der Waals surface area contributed by atoms with E-state index in [1.165, 1.54) is 6.92 Å². The molecule has 5 heteroatoms. The van der Waals surface area contributed by atoms with Crippen LogP contribution < -0.4 is 0 Å². The molecule has 1 fully saturated rings. The lowest BCUT2D eigenvalue weighted by molar-refractivity contribution is -0.151. The van der Waals surface area contributed by atoms with E-state index in [2.05, 4.69) is 0 Å². The van der Waals surface area contributed by atoms with Crippen LogP contribution in [0.4, 0.5) is 0 Å². The molecule has 0 bridgehead atoms. The molecule has 1 saturated carbocycles. The molecule has 0 amide bonds. The van der Waals surface area contributed by atoms with Crippen LogP contribution in [-0.4, -0.2) is 29.2 Å². The summed E-state index contributed by atoms with van der Waals surface area (Å²) >= 11 is 0. The molecule has 88 valence electrons. The quantitative estimate of drug-likeness (QED) is 0.326. The van der Waals surface area contributed by atoms with Gasteiger partial charge in [0.05, 0.1) is 24.7 Å². The monoisotopic (exact) mass is 226 g/mol. The number of rotatable bonds is 2. The lowest BCUT2D eigenvalue weighted by Gasteiger charge is -2.24. The van der Waals surface area contributed by atoms with Crippen LogP contribution in [0, 0.1) is 11.8 Å². The highest BCUT2D eigenvalue weighted by Crippen LogP contribution is 2.28. The number of ether oxygens (including phenoxy) is 1. The fourth-order valence-electron chi connectivity index (χ4n) is 1.66. The number of ketones is 2. The second-order valence-electron chi connectivity index (χ2n) is 3.65. The summed E-state index contributed by atoms with van der Waals surface area (Å²) < 4.78 is 4.75. The number of aliphatic hydroxyl groups is 1. The van der Waals surface area contributed by atoms with E-state index in [1.54, 1.807) is 6.92 Å². The number of aliphatic hydroxyl groups excluding tert-OH is 1. The van der Waals surface area contributed by atoms with Gasteiger partial charge in [-0.15, -0.1) is 0 Å². The smallest absolute Gasteiger partial charge is 0.314 e. The van der Waals surface area contributed by atoms with Gasteiger partial charge in [0.2, 0.25) is 0 Å². The van der Waals surface area contributed by atoms with Crippen molar-refractivity contribution in [2.75, 3.05) is 6.61 Å². The first kappa shape index (κ1) is 12.4. The van der Waals surface area contributed by atoms with Gasteiger partial charge in [0.1, 0.15) is 5.78 Å². The fraction of sp³-hybridized carbons (Fsp3) is 0.545. The third-order valence-corrected chi connectivity index (χ3v) is 2.65. The predicted molar refractivity (Wildman–Crippen MR) is 54.6 cm³/mol. The summed E-state index contributed by atoms with van der Waals surface area (Å²) in [6.45, 7) is 3.27. The molecular weight excluding hydrogens is 212 g/mol. The van der Waals surface area contributed by atoms with Gasteiger partial charge in [0.25, 0.3) is 0 Å². The number of carbonyl (C=O) groups excluding carboxylic acids is 3. The van der Waals surface area contributed by atoms with Crippen molar-refractivity contribution in [3.8, 4) is 0 Å². The summed E-state index contributed by atoms with van der Waals surface area (Å²) in [7, 11) is 0. The van der Waals surface area contributed by atoms with Gasteiger partial charge in [0.15, 0.2) is 5.78 Å². The minimum absolute atomic E-state index is 0.0365. The Morgan fingerprint density at radius 2 is 2.19 bits per heavy atom. The van der Waals surface area contributed by atoms with Gasteiger partial charge in [-0.25, -0.2) is 0 Å². The van der Waals surface area contributed by atoms with E-state index in [-0.39, 0.29) is 24.4 Å². The second-order valence-corrected chi connectivity index (χ2v) is 3.65. The predicted octanol–water partition coefficient (Wildman–Crippen LogP) is 0.786. The molecule has 2 unspecified atom stereocenters. The highest BCUT2D eigenvalue weighted by Gasteiger charge is 2.41. The Hall–Kier alpha value is -1.65. The standard InChI is InChI=1S/C11H14O5/c1-3-16-11(15)7-4-9(13)6(2)10(14)8(7)5-12/h5-7,12H,3-4H2,1-2H3. The van der Waals surface area contributed by atoms with E-state index in [0.717, 1.165) is 0 Å². The minimum atomic E-state index is -0.957. The Bertz CT molecular complexity index is 355.